The Hall–Kier alpha value is -4.58. The molecule has 1 fully saturated rings. The Labute approximate surface area is 228 Å². The van der Waals surface area contributed by atoms with Crippen molar-refractivity contribution in [3.05, 3.63) is 70.6 Å². The second kappa shape index (κ2) is 9.62. The fourth-order valence-corrected chi connectivity index (χ4v) is 5.26. The molecule has 2 N–H and O–H groups in total. The molecular formula is C28H25N9OS. The summed E-state index contributed by atoms with van der Waals surface area (Å²) in [5.41, 5.74) is 9.23. The van der Waals surface area contributed by atoms with E-state index in [1.165, 1.54) is 6.20 Å². The predicted molar refractivity (Wildman–Crippen MR) is 149 cm³/mol. The highest BCUT2D eigenvalue weighted by atomic mass is 32.1. The number of hydrogen-bond donors (Lipinski definition) is 2. The fourth-order valence-electron chi connectivity index (χ4n) is 4.42. The molecule has 0 spiro atoms. The molecule has 0 amide bonds. The van der Waals surface area contributed by atoms with E-state index in [-0.39, 0.29) is 6.04 Å². The molecule has 6 rings (SSSR count). The van der Waals surface area contributed by atoms with Crippen molar-refractivity contribution < 1.29 is 4.84 Å². The van der Waals surface area contributed by atoms with Crippen molar-refractivity contribution >= 4 is 43.8 Å². The minimum absolute atomic E-state index is 0.311. The van der Waals surface area contributed by atoms with E-state index in [4.69, 9.17) is 4.84 Å². The fraction of sp³-hybridized carbons (Fsp3) is 0.286. The average Bonchev–Trinajstić information content (AvgIpc) is 3.45. The van der Waals surface area contributed by atoms with E-state index in [9.17, 15) is 10.5 Å². The third kappa shape index (κ3) is 4.86. The molecule has 0 saturated heterocycles. The number of aromatic nitrogens is 5. The summed E-state index contributed by atoms with van der Waals surface area (Å²) in [5.74, 6) is 0. The van der Waals surface area contributed by atoms with Gasteiger partial charge < -0.3 is 5.32 Å². The SMILES string of the molecule is CC(C)(C)ONc1c(C#N)cnc2c(C#N)cc(N[C@H](c3cn(C4CC4)nn3)c3cccc4ncsc34)cc12. The summed E-state index contributed by atoms with van der Waals surface area (Å²) in [4.78, 5) is 14.7. The van der Waals surface area contributed by atoms with Crippen LogP contribution in [0.15, 0.2) is 48.2 Å². The van der Waals surface area contributed by atoms with Gasteiger partial charge in [-0.15, -0.1) is 16.4 Å². The van der Waals surface area contributed by atoms with Gasteiger partial charge in [0.1, 0.15) is 17.8 Å². The molecule has 39 heavy (non-hydrogen) atoms. The van der Waals surface area contributed by atoms with E-state index < -0.39 is 5.60 Å². The molecule has 1 aliphatic rings. The van der Waals surface area contributed by atoms with Crippen molar-refractivity contribution in [3.8, 4) is 12.1 Å². The van der Waals surface area contributed by atoms with Gasteiger partial charge in [-0.3, -0.25) is 15.3 Å². The molecule has 10 nitrogen and oxygen atoms in total. The van der Waals surface area contributed by atoms with Crippen molar-refractivity contribution in [1.29, 1.82) is 10.5 Å². The van der Waals surface area contributed by atoms with Crippen LogP contribution < -0.4 is 10.8 Å². The molecule has 1 saturated carbocycles. The number of pyridine rings is 1. The topological polar surface area (TPSA) is 137 Å². The zero-order chi connectivity index (χ0) is 27.1. The monoisotopic (exact) mass is 535 g/mol. The number of nitrogens with zero attached hydrogens (tertiary/aromatic N) is 7. The Bertz CT molecular complexity index is 1780. The standard InChI is InChI=1S/C28H25N9OS/c1-28(2,3)38-35-25-17(12-30)13-31-24-16(11-29)9-18(10-21(24)25)33-26(23-14-37(36-34-23)19-7-8-19)20-5-4-6-22-27(20)39-15-32-22/h4-6,9-10,13-15,19,26,33H,7-8H2,1-3H3,(H,31,35)/t26-/m0/s1. The van der Waals surface area contributed by atoms with Crippen LogP contribution >= 0.6 is 11.3 Å². The highest BCUT2D eigenvalue weighted by molar-refractivity contribution is 7.17. The first kappa shape index (κ1) is 24.7. The largest absolute Gasteiger partial charge is 0.373 e. The lowest BCUT2D eigenvalue weighted by molar-refractivity contribution is 0.0377. The Morgan fingerprint density at radius 2 is 1.95 bits per heavy atom. The van der Waals surface area contributed by atoms with Crippen molar-refractivity contribution in [2.75, 3.05) is 10.8 Å². The molecule has 1 aliphatic carbocycles. The third-order valence-electron chi connectivity index (χ3n) is 6.43. The molecule has 0 radical (unpaired) electrons. The van der Waals surface area contributed by atoms with Gasteiger partial charge in [-0.05, 0) is 57.4 Å². The van der Waals surface area contributed by atoms with Gasteiger partial charge >= 0.3 is 0 Å². The normalized spacial score (nSPS) is 14.2. The van der Waals surface area contributed by atoms with Crippen molar-refractivity contribution in [2.45, 2.75) is 51.3 Å². The average molecular weight is 536 g/mol. The molecule has 2 aromatic carbocycles. The highest BCUT2D eigenvalue weighted by Gasteiger charge is 2.28. The molecule has 0 bridgehead atoms. The van der Waals surface area contributed by atoms with Crippen LogP contribution in [0.3, 0.4) is 0 Å². The van der Waals surface area contributed by atoms with E-state index in [2.05, 4.69) is 49.3 Å². The maximum atomic E-state index is 10.0. The van der Waals surface area contributed by atoms with Gasteiger partial charge in [0.05, 0.1) is 61.9 Å². The Morgan fingerprint density at radius 1 is 1.13 bits per heavy atom. The van der Waals surface area contributed by atoms with Crippen LogP contribution in [0.1, 0.15) is 68.1 Å². The number of nitriles is 2. The van der Waals surface area contributed by atoms with Crippen LogP contribution in [0.25, 0.3) is 21.1 Å². The molecule has 3 heterocycles. The van der Waals surface area contributed by atoms with Crippen molar-refractivity contribution in [1.82, 2.24) is 25.0 Å². The first-order valence-electron chi connectivity index (χ1n) is 12.6. The quantitative estimate of drug-likeness (QED) is 0.245. The summed E-state index contributed by atoms with van der Waals surface area (Å²) in [6.45, 7) is 5.72. The number of anilines is 2. The summed E-state index contributed by atoms with van der Waals surface area (Å²) in [5, 5.41) is 32.9. The molecule has 3 aromatic heterocycles. The summed E-state index contributed by atoms with van der Waals surface area (Å²) < 4.78 is 2.97. The minimum atomic E-state index is -0.512. The lowest BCUT2D eigenvalue weighted by atomic mass is 10.0. The second-order valence-electron chi connectivity index (χ2n) is 10.5. The van der Waals surface area contributed by atoms with Gasteiger partial charge in [0, 0.05) is 17.3 Å². The maximum absolute atomic E-state index is 10.0. The third-order valence-corrected chi connectivity index (χ3v) is 7.32. The number of hydrogen-bond acceptors (Lipinski definition) is 10. The Kier molecular flexibility index (Phi) is 6.10. The van der Waals surface area contributed by atoms with Gasteiger partial charge in [0.2, 0.25) is 0 Å². The number of nitrogens with one attached hydrogen (secondary N) is 2. The Morgan fingerprint density at radius 3 is 2.69 bits per heavy atom. The molecule has 0 unspecified atom stereocenters. The molecule has 1 atom stereocenters. The smallest absolute Gasteiger partial charge is 0.110 e. The van der Waals surface area contributed by atoms with Gasteiger partial charge in [-0.25, -0.2) is 9.67 Å². The van der Waals surface area contributed by atoms with Crippen LogP contribution in [0.5, 0.6) is 0 Å². The maximum Gasteiger partial charge on any atom is 0.110 e. The first-order valence-corrected chi connectivity index (χ1v) is 13.4. The molecular weight excluding hydrogens is 510 g/mol. The Balaban J connectivity index is 1.49. The van der Waals surface area contributed by atoms with Crippen LogP contribution in [-0.4, -0.2) is 30.6 Å². The summed E-state index contributed by atoms with van der Waals surface area (Å²) in [6.07, 6.45) is 5.64. The van der Waals surface area contributed by atoms with E-state index in [1.807, 2.05) is 55.4 Å². The number of rotatable bonds is 7. The summed E-state index contributed by atoms with van der Waals surface area (Å²) >= 11 is 1.57. The van der Waals surface area contributed by atoms with Crippen LogP contribution in [0.2, 0.25) is 0 Å². The van der Waals surface area contributed by atoms with Crippen molar-refractivity contribution in [2.24, 2.45) is 0 Å². The van der Waals surface area contributed by atoms with Crippen LogP contribution in [-0.2, 0) is 4.84 Å². The number of fused-ring (bicyclic) bond motifs is 2. The van der Waals surface area contributed by atoms with E-state index >= 15 is 0 Å². The molecule has 5 aromatic rings. The number of benzene rings is 2. The molecule has 0 aliphatic heterocycles. The summed E-state index contributed by atoms with van der Waals surface area (Å²) in [6, 6.07) is 14.1. The minimum Gasteiger partial charge on any atom is -0.373 e. The van der Waals surface area contributed by atoms with E-state index in [1.54, 1.807) is 17.4 Å². The first-order chi connectivity index (χ1) is 18.8. The van der Waals surface area contributed by atoms with Crippen LogP contribution in [0, 0.1) is 22.7 Å². The zero-order valence-corrected chi connectivity index (χ0v) is 22.5. The zero-order valence-electron chi connectivity index (χ0n) is 21.6. The van der Waals surface area contributed by atoms with Crippen LogP contribution in [0.4, 0.5) is 11.4 Å². The molecule has 194 valence electrons. The van der Waals surface area contributed by atoms with Crippen molar-refractivity contribution in [3.63, 3.8) is 0 Å². The summed E-state index contributed by atoms with van der Waals surface area (Å²) in [7, 11) is 0. The predicted octanol–water partition coefficient (Wildman–Crippen LogP) is 5.86. The van der Waals surface area contributed by atoms with Gasteiger partial charge in [0.15, 0.2) is 0 Å². The lowest BCUT2D eigenvalue weighted by Crippen LogP contribution is -2.23. The van der Waals surface area contributed by atoms with E-state index in [0.717, 1.165) is 34.3 Å². The van der Waals surface area contributed by atoms with Gasteiger partial charge in [-0.1, -0.05) is 17.3 Å². The second-order valence-corrected chi connectivity index (χ2v) is 11.3. The van der Waals surface area contributed by atoms with E-state index in [0.29, 0.717) is 39.4 Å². The lowest BCUT2D eigenvalue weighted by Gasteiger charge is -2.22. The van der Waals surface area contributed by atoms with Gasteiger partial charge in [-0.2, -0.15) is 10.5 Å². The van der Waals surface area contributed by atoms with Gasteiger partial charge in [0.25, 0.3) is 0 Å². The highest BCUT2D eigenvalue weighted by Crippen LogP contribution is 2.38. The molecule has 11 heteroatoms. The number of thiazole rings is 1.